The summed E-state index contributed by atoms with van der Waals surface area (Å²) in [6.45, 7) is 2.76. The van der Waals surface area contributed by atoms with Crippen LogP contribution in [-0.2, 0) is 6.54 Å². The van der Waals surface area contributed by atoms with Crippen molar-refractivity contribution >= 4 is 16.6 Å². The Morgan fingerprint density at radius 3 is 2.68 bits per heavy atom. The molecular weight excluding hydrogens is 360 g/mol. The highest BCUT2D eigenvalue weighted by Crippen LogP contribution is 2.28. The van der Waals surface area contributed by atoms with Gasteiger partial charge in [0.25, 0.3) is 0 Å². The first-order valence-corrected chi connectivity index (χ1v) is 9.48. The molecule has 2 heterocycles. The minimum atomic E-state index is -0.506. The molecule has 146 valence electrons. The van der Waals surface area contributed by atoms with Gasteiger partial charge in [-0.3, -0.25) is 9.88 Å². The van der Waals surface area contributed by atoms with Gasteiger partial charge in [-0.1, -0.05) is 12.1 Å². The van der Waals surface area contributed by atoms with Crippen molar-refractivity contribution in [2.75, 3.05) is 25.5 Å². The zero-order valence-electron chi connectivity index (χ0n) is 15.8. The lowest BCUT2D eigenvalue weighted by Crippen LogP contribution is -2.38. The fourth-order valence-corrected chi connectivity index (χ4v) is 3.80. The second kappa shape index (κ2) is 8.10. The monoisotopic (exact) mass is 383 g/mol. The highest BCUT2D eigenvalue weighted by Gasteiger charge is 2.21. The third-order valence-electron chi connectivity index (χ3n) is 5.28. The first-order valence-electron chi connectivity index (χ1n) is 9.48. The van der Waals surface area contributed by atoms with Gasteiger partial charge in [0.05, 0.1) is 12.5 Å². The summed E-state index contributed by atoms with van der Waals surface area (Å²) in [6.07, 6.45) is 3.39. The average Bonchev–Trinajstić information content (AvgIpc) is 2.72. The van der Waals surface area contributed by atoms with Gasteiger partial charge in [0.1, 0.15) is 22.9 Å². The predicted molar refractivity (Wildman–Crippen MR) is 107 cm³/mol. The van der Waals surface area contributed by atoms with Crippen LogP contribution in [0.25, 0.3) is 10.9 Å². The molecule has 0 atom stereocenters. The number of likely N-dealkylation sites (tertiary alicyclic amines) is 1. The number of fused-ring (bicyclic) bond motifs is 1. The summed E-state index contributed by atoms with van der Waals surface area (Å²) < 4.78 is 33.5. The number of methoxy groups -OCH3 is 1. The number of nitrogens with one attached hydrogen (secondary N) is 1. The second-order valence-electron chi connectivity index (χ2n) is 7.16. The first-order chi connectivity index (χ1) is 13.6. The number of anilines is 1. The molecule has 0 radical (unpaired) electrons. The number of nitrogens with zero attached hydrogens (tertiary/aromatic N) is 2. The van der Waals surface area contributed by atoms with E-state index in [1.54, 1.807) is 13.2 Å². The zero-order valence-corrected chi connectivity index (χ0v) is 15.8. The number of aromatic nitrogens is 1. The molecule has 1 aliphatic heterocycles. The van der Waals surface area contributed by atoms with E-state index in [9.17, 15) is 8.78 Å². The molecule has 6 heteroatoms. The molecular formula is C22H23F2N3O. The van der Waals surface area contributed by atoms with Crippen LogP contribution in [0, 0.1) is 11.6 Å². The lowest BCUT2D eigenvalue weighted by atomic mass is 10.0. The van der Waals surface area contributed by atoms with E-state index in [1.165, 1.54) is 11.8 Å². The quantitative estimate of drug-likeness (QED) is 0.699. The maximum atomic E-state index is 14.3. The smallest absolute Gasteiger partial charge is 0.149 e. The van der Waals surface area contributed by atoms with Crippen LogP contribution >= 0.6 is 0 Å². The van der Waals surface area contributed by atoms with E-state index < -0.39 is 11.6 Å². The Morgan fingerprint density at radius 2 is 1.89 bits per heavy atom. The molecule has 2 aromatic carbocycles. The van der Waals surface area contributed by atoms with Crippen LogP contribution in [0.15, 0.2) is 48.7 Å². The van der Waals surface area contributed by atoms with Crippen molar-refractivity contribution in [3.63, 3.8) is 0 Å². The SMILES string of the molecule is COc1cccc(CN2CCC(Nc3ccnc4c(F)ccc(F)c34)CC2)c1. The third-order valence-corrected chi connectivity index (χ3v) is 5.28. The molecule has 1 N–H and O–H groups in total. The van der Waals surface area contributed by atoms with Crippen LogP contribution in [-0.4, -0.2) is 36.1 Å². The third kappa shape index (κ3) is 3.92. The van der Waals surface area contributed by atoms with Gasteiger partial charge in [-0.05, 0) is 48.7 Å². The van der Waals surface area contributed by atoms with Crippen molar-refractivity contribution in [2.24, 2.45) is 0 Å². The summed E-state index contributed by atoms with van der Waals surface area (Å²) in [7, 11) is 1.67. The average molecular weight is 383 g/mol. The highest BCUT2D eigenvalue weighted by molar-refractivity contribution is 5.92. The second-order valence-corrected chi connectivity index (χ2v) is 7.16. The molecule has 4 nitrogen and oxygen atoms in total. The lowest BCUT2D eigenvalue weighted by molar-refractivity contribution is 0.211. The Bertz CT molecular complexity index is 971. The van der Waals surface area contributed by atoms with Crippen LogP contribution in [0.1, 0.15) is 18.4 Å². The largest absolute Gasteiger partial charge is 0.497 e. The van der Waals surface area contributed by atoms with Crippen molar-refractivity contribution in [1.82, 2.24) is 9.88 Å². The van der Waals surface area contributed by atoms with E-state index in [0.717, 1.165) is 50.4 Å². The minimum Gasteiger partial charge on any atom is -0.497 e. The van der Waals surface area contributed by atoms with E-state index >= 15 is 0 Å². The predicted octanol–water partition coefficient (Wildman–Crippen LogP) is 4.60. The number of pyridine rings is 1. The van der Waals surface area contributed by atoms with Crippen LogP contribution in [0.4, 0.5) is 14.5 Å². The zero-order chi connectivity index (χ0) is 19.5. The standard InChI is InChI=1S/C22H23F2N3O/c1-28-17-4-2-3-15(13-17)14-27-11-8-16(9-12-27)26-20-7-10-25-22-19(24)6-5-18(23)21(20)22/h2-7,10,13,16H,8-9,11-12,14H2,1H3,(H,25,26). The molecule has 0 aliphatic carbocycles. The number of ether oxygens (including phenoxy) is 1. The molecule has 4 rings (SSSR count). The van der Waals surface area contributed by atoms with Crippen LogP contribution in [0.3, 0.4) is 0 Å². The summed E-state index contributed by atoms with van der Waals surface area (Å²) >= 11 is 0. The van der Waals surface area contributed by atoms with E-state index in [1.807, 2.05) is 12.1 Å². The summed E-state index contributed by atoms with van der Waals surface area (Å²) in [4.78, 5) is 6.40. The first kappa shape index (κ1) is 18.6. The maximum absolute atomic E-state index is 14.3. The van der Waals surface area contributed by atoms with Gasteiger partial charge in [-0.25, -0.2) is 8.78 Å². The fraction of sp³-hybridized carbons (Fsp3) is 0.318. The molecule has 0 unspecified atom stereocenters. The topological polar surface area (TPSA) is 37.4 Å². The maximum Gasteiger partial charge on any atom is 0.149 e. The molecule has 28 heavy (non-hydrogen) atoms. The Morgan fingerprint density at radius 1 is 1.11 bits per heavy atom. The number of benzene rings is 2. The minimum absolute atomic E-state index is 0.0699. The van der Waals surface area contributed by atoms with Gasteiger partial charge >= 0.3 is 0 Å². The van der Waals surface area contributed by atoms with Crippen molar-refractivity contribution in [1.29, 1.82) is 0 Å². The molecule has 1 aliphatic rings. The normalized spacial score (nSPS) is 15.7. The van der Waals surface area contributed by atoms with Gasteiger partial charge in [0, 0.05) is 37.6 Å². The van der Waals surface area contributed by atoms with Gasteiger partial charge in [0.2, 0.25) is 0 Å². The molecule has 1 saturated heterocycles. The van der Waals surface area contributed by atoms with E-state index in [-0.39, 0.29) is 16.9 Å². The molecule has 3 aromatic rings. The Hall–Kier alpha value is -2.73. The molecule has 0 saturated carbocycles. The van der Waals surface area contributed by atoms with Gasteiger partial charge in [-0.15, -0.1) is 0 Å². The van der Waals surface area contributed by atoms with Gasteiger partial charge in [-0.2, -0.15) is 0 Å². The van der Waals surface area contributed by atoms with E-state index in [4.69, 9.17) is 4.74 Å². The van der Waals surface area contributed by atoms with Crippen molar-refractivity contribution in [3.8, 4) is 5.75 Å². The number of piperidine rings is 1. The Kier molecular flexibility index (Phi) is 5.39. The summed E-state index contributed by atoms with van der Waals surface area (Å²) in [5.74, 6) is -0.0940. The number of hydrogen-bond acceptors (Lipinski definition) is 4. The summed E-state index contributed by atoms with van der Waals surface area (Å²) in [5.41, 5.74) is 1.90. The summed E-state index contributed by atoms with van der Waals surface area (Å²) in [6, 6.07) is 12.3. The summed E-state index contributed by atoms with van der Waals surface area (Å²) in [5, 5.41) is 3.62. The van der Waals surface area contributed by atoms with E-state index in [0.29, 0.717) is 5.69 Å². The molecule has 0 bridgehead atoms. The fourth-order valence-electron chi connectivity index (χ4n) is 3.80. The van der Waals surface area contributed by atoms with Crippen LogP contribution in [0.5, 0.6) is 5.75 Å². The van der Waals surface area contributed by atoms with Crippen molar-refractivity contribution < 1.29 is 13.5 Å². The highest BCUT2D eigenvalue weighted by atomic mass is 19.1. The Balaban J connectivity index is 1.41. The Labute approximate surface area is 163 Å². The number of hydrogen-bond donors (Lipinski definition) is 1. The van der Waals surface area contributed by atoms with Gasteiger partial charge in [0.15, 0.2) is 0 Å². The number of rotatable bonds is 5. The van der Waals surface area contributed by atoms with E-state index in [2.05, 4.69) is 27.3 Å². The molecule has 1 aromatic heterocycles. The lowest BCUT2D eigenvalue weighted by Gasteiger charge is -2.33. The van der Waals surface area contributed by atoms with Crippen LogP contribution < -0.4 is 10.1 Å². The van der Waals surface area contributed by atoms with Crippen LogP contribution in [0.2, 0.25) is 0 Å². The van der Waals surface area contributed by atoms with Crippen molar-refractivity contribution in [3.05, 3.63) is 65.9 Å². The number of halogens is 2. The van der Waals surface area contributed by atoms with Crippen molar-refractivity contribution in [2.45, 2.75) is 25.4 Å². The molecule has 1 fully saturated rings. The van der Waals surface area contributed by atoms with Gasteiger partial charge < -0.3 is 10.1 Å². The molecule has 0 amide bonds. The molecule has 0 spiro atoms.